The number of alkyl halides is 6. The molecule has 0 aliphatic carbocycles. The molecule has 6 nitrogen and oxygen atoms in total. The number of nitrogens with zero attached hydrogens (tertiary/aromatic N) is 4. The number of anilines is 1. The van der Waals surface area contributed by atoms with Gasteiger partial charge in [-0.1, -0.05) is 12.1 Å². The molecule has 0 saturated carbocycles. The Kier molecular flexibility index (Phi) is 10.4. The summed E-state index contributed by atoms with van der Waals surface area (Å²) < 4.78 is 98.8. The number of amides is 1. The molecule has 13 heteroatoms. The Morgan fingerprint density at radius 2 is 1.52 bits per heavy atom. The predicted molar refractivity (Wildman–Crippen MR) is 152 cm³/mol. The van der Waals surface area contributed by atoms with E-state index in [0.29, 0.717) is 36.3 Å². The second kappa shape index (κ2) is 13.8. The molecule has 238 valence electrons. The zero-order valence-corrected chi connectivity index (χ0v) is 24.3. The molecule has 4 rings (SSSR count). The van der Waals surface area contributed by atoms with E-state index in [1.54, 1.807) is 18.2 Å². The van der Waals surface area contributed by atoms with Crippen LogP contribution in [0.3, 0.4) is 0 Å². The van der Waals surface area contributed by atoms with Crippen LogP contribution in [0.1, 0.15) is 36.0 Å². The van der Waals surface area contributed by atoms with Gasteiger partial charge in [-0.2, -0.15) is 31.3 Å². The molecule has 1 saturated heterocycles. The summed E-state index contributed by atoms with van der Waals surface area (Å²) in [6, 6.07) is 11.4. The molecule has 1 fully saturated rings. The summed E-state index contributed by atoms with van der Waals surface area (Å²) in [5.41, 5.74) is -1.65. The van der Waals surface area contributed by atoms with Crippen LogP contribution in [-0.2, 0) is 23.7 Å². The smallest absolute Gasteiger partial charge is 0.416 e. The molecular weight excluding hydrogens is 593 g/mol. The molecule has 0 N–H and O–H groups in total. The van der Waals surface area contributed by atoms with Gasteiger partial charge in [-0.05, 0) is 86.4 Å². The standard InChI is InChI=1S/C31H33F7N4O2/c1-40(2)27-8-11-42(12-9-27)28-16-23(22-4-6-26(32)7-5-22)17-29(39-28)44-13-3-10-41(20-43)19-21-14-24(30(33,34)35)18-25(15-21)31(36,37)38/h4-7,14-18,20,27H,3,8-13,19H2,1-2H3. The van der Waals surface area contributed by atoms with Gasteiger partial charge in [-0.3, -0.25) is 4.79 Å². The zero-order valence-electron chi connectivity index (χ0n) is 24.3. The molecule has 0 bridgehead atoms. The SMILES string of the molecule is CN(C)C1CCN(c2cc(-c3ccc(F)cc3)cc(OCCCN(C=O)Cc3cc(C(F)(F)F)cc(C(F)(F)F)c3)n2)CC1. The Labute approximate surface area is 251 Å². The summed E-state index contributed by atoms with van der Waals surface area (Å²) >= 11 is 0. The highest BCUT2D eigenvalue weighted by Crippen LogP contribution is 2.36. The summed E-state index contributed by atoms with van der Waals surface area (Å²) in [6.45, 7) is 1.21. The number of hydrogen-bond acceptors (Lipinski definition) is 5. The zero-order chi connectivity index (χ0) is 32.1. The van der Waals surface area contributed by atoms with Crippen LogP contribution >= 0.6 is 0 Å². The maximum atomic E-state index is 13.6. The van der Waals surface area contributed by atoms with E-state index in [0.717, 1.165) is 42.0 Å². The number of halogens is 7. The van der Waals surface area contributed by atoms with Crippen molar-refractivity contribution in [2.45, 2.75) is 44.2 Å². The lowest BCUT2D eigenvalue weighted by atomic mass is 10.0. The minimum Gasteiger partial charge on any atom is -0.478 e. The van der Waals surface area contributed by atoms with Crippen LogP contribution < -0.4 is 9.64 Å². The van der Waals surface area contributed by atoms with Gasteiger partial charge in [0.1, 0.15) is 11.6 Å². The fourth-order valence-corrected chi connectivity index (χ4v) is 5.11. The fourth-order valence-electron chi connectivity index (χ4n) is 5.11. The topological polar surface area (TPSA) is 48.9 Å². The van der Waals surface area contributed by atoms with Crippen molar-refractivity contribution in [3.63, 3.8) is 0 Å². The second-order valence-electron chi connectivity index (χ2n) is 10.9. The lowest BCUT2D eigenvalue weighted by Gasteiger charge is -2.36. The molecule has 0 spiro atoms. The first-order valence-corrected chi connectivity index (χ1v) is 14.0. The first-order valence-electron chi connectivity index (χ1n) is 14.0. The Bertz CT molecular complexity index is 1370. The van der Waals surface area contributed by atoms with Crippen molar-refractivity contribution in [1.82, 2.24) is 14.8 Å². The van der Waals surface area contributed by atoms with Crippen molar-refractivity contribution in [1.29, 1.82) is 0 Å². The van der Waals surface area contributed by atoms with Gasteiger partial charge in [0.05, 0.1) is 17.7 Å². The minimum absolute atomic E-state index is 0.0175. The molecule has 0 unspecified atom stereocenters. The third kappa shape index (κ3) is 8.84. The van der Waals surface area contributed by atoms with Gasteiger partial charge in [0.2, 0.25) is 12.3 Å². The lowest BCUT2D eigenvalue weighted by molar-refractivity contribution is -0.143. The number of piperidine rings is 1. The van der Waals surface area contributed by atoms with E-state index in [4.69, 9.17) is 4.74 Å². The number of rotatable bonds is 11. The Hall–Kier alpha value is -3.87. The van der Waals surface area contributed by atoms with E-state index >= 15 is 0 Å². The van der Waals surface area contributed by atoms with E-state index < -0.39 is 30.0 Å². The maximum absolute atomic E-state index is 13.6. The number of benzene rings is 2. The number of carbonyl (C=O) groups is 1. The number of carbonyl (C=O) groups excluding carboxylic acids is 1. The van der Waals surface area contributed by atoms with Gasteiger partial charge >= 0.3 is 12.4 Å². The van der Waals surface area contributed by atoms with Crippen molar-refractivity contribution in [2.24, 2.45) is 0 Å². The normalized spacial score (nSPS) is 14.6. The molecule has 2 aromatic carbocycles. The average molecular weight is 627 g/mol. The lowest BCUT2D eigenvalue weighted by Crippen LogP contribution is -2.42. The number of aromatic nitrogens is 1. The van der Waals surface area contributed by atoms with E-state index in [1.165, 1.54) is 12.1 Å². The molecular formula is C31H33F7N4O2. The van der Waals surface area contributed by atoms with E-state index in [1.807, 2.05) is 20.2 Å². The van der Waals surface area contributed by atoms with Crippen molar-refractivity contribution >= 4 is 12.2 Å². The molecule has 1 amide bonds. The summed E-state index contributed by atoms with van der Waals surface area (Å²) in [4.78, 5) is 21.7. The van der Waals surface area contributed by atoms with Crippen LogP contribution in [0.15, 0.2) is 54.6 Å². The van der Waals surface area contributed by atoms with Crippen molar-refractivity contribution < 1.29 is 40.3 Å². The molecule has 3 aromatic rings. The highest BCUT2D eigenvalue weighted by atomic mass is 19.4. The predicted octanol–water partition coefficient (Wildman–Crippen LogP) is 6.88. The van der Waals surface area contributed by atoms with Crippen LogP contribution in [0.2, 0.25) is 0 Å². The largest absolute Gasteiger partial charge is 0.478 e. The summed E-state index contributed by atoms with van der Waals surface area (Å²) in [7, 11) is 4.09. The first kappa shape index (κ1) is 33.0. The van der Waals surface area contributed by atoms with Crippen molar-refractivity contribution in [3.05, 3.63) is 77.1 Å². The highest BCUT2D eigenvalue weighted by molar-refractivity contribution is 5.68. The molecule has 1 aliphatic heterocycles. The highest BCUT2D eigenvalue weighted by Gasteiger charge is 2.37. The quantitative estimate of drug-likeness (QED) is 0.132. The van der Waals surface area contributed by atoms with Gasteiger partial charge in [0.15, 0.2) is 0 Å². The third-order valence-electron chi connectivity index (χ3n) is 7.51. The molecule has 44 heavy (non-hydrogen) atoms. The van der Waals surface area contributed by atoms with Crippen molar-refractivity contribution in [3.8, 4) is 17.0 Å². The fraction of sp³-hybridized carbons (Fsp3) is 0.419. The van der Waals surface area contributed by atoms with Gasteiger partial charge in [0, 0.05) is 38.3 Å². The maximum Gasteiger partial charge on any atom is 0.416 e. The molecule has 0 radical (unpaired) electrons. The Morgan fingerprint density at radius 1 is 0.909 bits per heavy atom. The summed E-state index contributed by atoms with van der Waals surface area (Å²) in [5, 5.41) is 0. The van der Waals surface area contributed by atoms with E-state index in [2.05, 4.69) is 14.8 Å². The Morgan fingerprint density at radius 3 is 2.07 bits per heavy atom. The molecule has 0 atom stereocenters. The Balaban J connectivity index is 1.44. The van der Waals surface area contributed by atoms with Gasteiger partial charge in [-0.25, -0.2) is 4.39 Å². The van der Waals surface area contributed by atoms with Gasteiger partial charge in [-0.15, -0.1) is 0 Å². The van der Waals surface area contributed by atoms with Crippen LogP contribution in [0.25, 0.3) is 11.1 Å². The van der Waals surface area contributed by atoms with Crippen LogP contribution in [-0.4, -0.2) is 67.6 Å². The monoisotopic (exact) mass is 626 g/mol. The molecule has 2 heterocycles. The summed E-state index contributed by atoms with van der Waals surface area (Å²) in [5.74, 6) is 0.616. The minimum atomic E-state index is -4.98. The van der Waals surface area contributed by atoms with Gasteiger partial charge < -0.3 is 19.4 Å². The number of pyridine rings is 1. The van der Waals surface area contributed by atoms with E-state index in [9.17, 15) is 35.5 Å². The van der Waals surface area contributed by atoms with Crippen LogP contribution in [0, 0.1) is 5.82 Å². The summed E-state index contributed by atoms with van der Waals surface area (Å²) in [6.07, 6.45) is -7.46. The third-order valence-corrected chi connectivity index (χ3v) is 7.51. The number of hydrogen-bond donors (Lipinski definition) is 0. The molecule has 1 aliphatic rings. The van der Waals surface area contributed by atoms with Crippen LogP contribution in [0.5, 0.6) is 5.88 Å². The van der Waals surface area contributed by atoms with E-state index in [-0.39, 0.29) is 37.0 Å². The first-order chi connectivity index (χ1) is 20.7. The second-order valence-corrected chi connectivity index (χ2v) is 10.9. The number of ether oxygens (including phenoxy) is 1. The van der Waals surface area contributed by atoms with Crippen LogP contribution in [0.4, 0.5) is 36.6 Å². The van der Waals surface area contributed by atoms with Gasteiger partial charge in [0.25, 0.3) is 0 Å². The average Bonchev–Trinajstić information content (AvgIpc) is 2.98. The van der Waals surface area contributed by atoms with Crippen molar-refractivity contribution in [2.75, 3.05) is 45.2 Å². The molecule has 1 aromatic heterocycles.